The number of benzene rings is 1. The maximum atomic E-state index is 5.95. The van der Waals surface area contributed by atoms with Crippen LogP contribution in [0.4, 0.5) is 11.4 Å². The van der Waals surface area contributed by atoms with Gasteiger partial charge in [0.1, 0.15) is 5.75 Å². The average molecular weight is 269 g/mol. The maximum absolute atomic E-state index is 5.95. The zero-order valence-corrected chi connectivity index (χ0v) is 10.9. The molecular weight excluding hydrogens is 256 g/mol. The number of hydrogen-bond acceptors (Lipinski definition) is 4. The van der Waals surface area contributed by atoms with Crippen LogP contribution in [0.25, 0.3) is 0 Å². The molecule has 0 spiro atoms. The zero-order chi connectivity index (χ0) is 12.3. The fourth-order valence-corrected chi connectivity index (χ4v) is 2.53. The van der Waals surface area contributed by atoms with Crippen LogP contribution in [0.3, 0.4) is 0 Å². The van der Waals surface area contributed by atoms with Crippen molar-refractivity contribution >= 4 is 34.3 Å². The van der Waals surface area contributed by atoms with Crippen LogP contribution in [0.2, 0.25) is 4.34 Å². The van der Waals surface area contributed by atoms with Crippen LogP contribution in [0.1, 0.15) is 4.88 Å². The van der Waals surface area contributed by atoms with Crippen molar-refractivity contribution in [2.45, 2.75) is 6.54 Å². The highest BCUT2D eigenvalue weighted by atomic mass is 35.5. The van der Waals surface area contributed by atoms with Crippen molar-refractivity contribution in [2.75, 3.05) is 18.2 Å². The van der Waals surface area contributed by atoms with E-state index in [0.29, 0.717) is 18.0 Å². The highest BCUT2D eigenvalue weighted by Crippen LogP contribution is 2.30. The molecule has 17 heavy (non-hydrogen) atoms. The third-order valence-corrected chi connectivity index (χ3v) is 3.60. The molecule has 0 unspecified atom stereocenters. The molecule has 0 saturated carbocycles. The van der Waals surface area contributed by atoms with E-state index in [1.807, 2.05) is 30.3 Å². The van der Waals surface area contributed by atoms with Crippen LogP contribution < -0.4 is 15.8 Å². The number of anilines is 2. The lowest BCUT2D eigenvalue weighted by molar-refractivity contribution is 0.417. The highest BCUT2D eigenvalue weighted by Gasteiger charge is 2.05. The van der Waals surface area contributed by atoms with Crippen molar-refractivity contribution in [1.29, 1.82) is 0 Å². The minimum Gasteiger partial charge on any atom is -0.495 e. The molecule has 1 aromatic heterocycles. The second-order valence-electron chi connectivity index (χ2n) is 3.48. The molecule has 1 aromatic carbocycles. The number of thiophene rings is 1. The minimum absolute atomic E-state index is 0.623. The van der Waals surface area contributed by atoms with Crippen LogP contribution in [-0.4, -0.2) is 7.11 Å². The Kier molecular flexibility index (Phi) is 3.76. The molecule has 0 bridgehead atoms. The van der Waals surface area contributed by atoms with Crippen LogP contribution >= 0.6 is 22.9 Å². The van der Waals surface area contributed by atoms with Gasteiger partial charge in [0.15, 0.2) is 0 Å². The highest BCUT2D eigenvalue weighted by molar-refractivity contribution is 7.16. The molecule has 5 heteroatoms. The molecule has 0 amide bonds. The van der Waals surface area contributed by atoms with Gasteiger partial charge in [0.25, 0.3) is 0 Å². The van der Waals surface area contributed by atoms with Crippen LogP contribution in [-0.2, 0) is 6.54 Å². The van der Waals surface area contributed by atoms with Gasteiger partial charge in [-0.15, -0.1) is 11.3 Å². The molecule has 2 rings (SSSR count). The lowest BCUT2D eigenvalue weighted by Gasteiger charge is -2.11. The summed E-state index contributed by atoms with van der Waals surface area (Å²) in [5.41, 5.74) is 7.45. The minimum atomic E-state index is 0.623. The standard InChI is InChI=1S/C12H13ClN2OS/c1-16-10-4-2-3-9(12(10)14)15-7-8-5-6-11(13)17-8/h2-6,15H,7,14H2,1H3. The molecule has 90 valence electrons. The maximum Gasteiger partial charge on any atom is 0.143 e. The Bertz CT molecular complexity index is 513. The zero-order valence-electron chi connectivity index (χ0n) is 9.37. The number of nitrogen functional groups attached to an aromatic ring is 1. The van der Waals surface area contributed by atoms with E-state index < -0.39 is 0 Å². The number of ether oxygens (including phenoxy) is 1. The Hall–Kier alpha value is -1.39. The van der Waals surface area contributed by atoms with Gasteiger partial charge in [-0.1, -0.05) is 17.7 Å². The van der Waals surface area contributed by atoms with Crippen molar-refractivity contribution in [1.82, 2.24) is 0 Å². The average Bonchev–Trinajstić information content (AvgIpc) is 2.74. The number of methoxy groups -OCH3 is 1. The molecular formula is C12H13ClN2OS. The third kappa shape index (κ3) is 2.84. The summed E-state index contributed by atoms with van der Waals surface area (Å²) in [5, 5.41) is 3.26. The Morgan fingerprint density at radius 2 is 2.18 bits per heavy atom. The largest absolute Gasteiger partial charge is 0.495 e. The molecule has 0 fully saturated rings. The monoisotopic (exact) mass is 268 g/mol. The van der Waals surface area contributed by atoms with Gasteiger partial charge in [-0.25, -0.2) is 0 Å². The van der Waals surface area contributed by atoms with Crippen LogP contribution in [0.5, 0.6) is 5.75 Å². The summed E-state index contributed by atoms with van der Waals surface area (Å²) in [6.07, 6.45) is 0. The summed E-state index contributed by atoms with van der Waals surface area (Å²) in [7, 11) is 1.61. The molecule has 3 nitrogen and oxygen atoms in total. The fraction of sp³-hybridized carbons (Fsp3) is 0.167. The second kappa shape index (κ2) is 5.29. The predicted octanol–water partition coefficient (Wildman–Crippen LogP) is 3.60. The molecule has 0 aliphatic rings. The van der Waals surface area contributed by atoms with Crippen molar-refractivity contribution in [3.63, 3.8) is 0 Å². The number of nitrogens with two attached hydrogens (primary N) is 1. The lowest BCUT2D eigenvalue weighted by Crippen LogP contribution is -2.02. The molecule has 0 saturated heterocycles. The third-order valence-electron chi connectivity index (χ3n) is 2.37. The second-order valence-corrected chi connectivity index (χ2v) is 5.28. The first-order valence-corrected chi connectivity index (χ1v) is 6.30. The van der Waals surface area contributed by atoms with E-state index in [0.717, 1.165) is 14.9 Å². The smallest absolute Gasteiger partial charge is 0.143 e. The van der Waals surface area contributed by atoms with E-state index in [1.165, 1.54) is 0 Å². The normalized spacial score (nSPS) is 10.2. The van der Waals surface area contributed by atoms with Gasteiger partial charge in [0.2, 0.25) is 0 Å². The first kappa shape index (κ1) is 12.1. The van der Waals surface area contributed by atoms with E-state index in [4.69, 9.17) is 22.1 Å². The quantitative estimate of drug-likeness (QED) is 0.833. The number of hydrogen-bond donors (Lipinski definition) is 2. The number of halogens is 1. The van der Waals surface area contributed by atoms with Crippen LogP contribution in [0, 0.1) is 0 Å². The molecule has 3 N–H and O–H groups in total. The SMILES string of the molecule is COc1cccc(NCc2ccc(Cl)s2)c1N. The Labute approximate surface area is 109 Å². The van der Waals surface area contributed by atoms with E-state index >= 15 is 0 Å². The fourth-order valence-electron chi connectivity index (χ4n) is 1.51. The van der Waals surface area contributed by atoms with Gasteiger partial charge >= 0.3 is 0 Å². The summed E-state index contributed by atoms with van der Waals surface area (Å²) >= 11 is 7.42. The number of rotatable bonds is 4. The predicted molar refractivity (Wildman–Crippen MR) is 74.1 cm³/mol. The molecule has 0 aliphatic carbocycles. The molecule has 0 aliphatic heterocycles. The van der Waals surface area contributed by atoms with Gasteiger partial charge < -0.3 is 15.8 Å². The number of para-hydroxylation sites is 1. The number of nitrogens with one attached hydrogen (secondary N) is 1. The van der Waals surface area contributed by atoms with Gasteiger partial charge in [0.05, 0.1) is 22.8 Å². The van der Waals surface area contributed by atoms with E-state index in [2.05, 4.69) is 5.32 Å². The van der Waals surface area contributed by atoms with E-state index in [1.54, 1.807) is 18.4 Å². The summed E-state index contributed by atoms with van der Waals surface area (Å²) < 4.78 is 5.95. The van der Waals surface area contributed by atoms with Gasteiger partial charge in [-0.05, 0) is 24.3 Å². The Morgan fingerprint density at radius 3 is 2.82 bits per heavy atom. The summed E-state index contributed by atoms with van der Waals surface area (Å²) in [4.78, 5) is 1.16. The van der Waals surface area contributed by atoms with Gasteiger partial charge in [0, 0.05) is 11.4 Å². The molecule has 1 heterocycles. The van der Waals surface area contributed by atoms with Crippen LogP contribution in [0.15, 0.2) is 30.3 Å². The summed E-state index contributed by atoms with van der Waals surface area (Å²) in [6, 6.07) is 9.54. The van der Waals surface area contributed by atoms with Crippen molar-refractivity contribution < 1.29 is 4.74 Å². The Morgan fingerprint density at radius 1 is 1.35 bits per heavy atom. The first-order valence-electron chi connectivity index (χ1n) is 5.11. The summed E-state index contributed by atoms with van der Waals surface area (Å²) in [6.45, 7) is 0.703. The summed E-state index contributed by atoms with van der Waals surface area (Å²) in [5.74, 6) is 0.680. The Balaban J connectivity index is 2.09. The van der Waals surface area contributed by atoms with Crippen molar-refractivity contribution in [3.8, 4) is 5.75 Å². The van der Waals surface area contributed by atoms with Gasteiger partial charge in [-0.3, -0.25) is 0 Å². The van der Waals surface area contributed by atoms with E-state index in [9.17, 15) is 0 Å². The van der Waals surface area contributed by atoms with Crippen molar-refractivity contribution in [3.05, 3.63) is 39.5 Å². The molecule has 0 radical (unpaired) electrons. The van der Waals surface area contributed by atoms with Gasteiger partial charge in [-0.2, -0.15) is 0 Å². The topological polar surface area (TPSA) is 47.3 Å². The van der Waals surface area contributed by atoms with Crippen molar-refractivity contribution in [2.24, 2.45) is 0 Å². The lowest BCUT2D eigenvalue weighted by atomic mass is 10.2. The first-order chi connectivity index (χ1) is 8.20. The molecule has 2 aromatic rings. The van der Waals surface area contributed by atoms with E-state index in [-0.39, 0.29) is 0 Å². The molecule has 0 atom stereocenters.